The smallest absolute Gasteiger partial charge is 0.312 e. The van der Waals surface area contributed by atoms with Crippen molar-refractivity contribution in [3.63, 3.8) is 0 Å². The van der Waals surface area contributed by atoms with Gasteiger partial charge in [-0.15, -0.1) is 0 Å². The molecule has 2 aliphatic heterocycles. The standard InChI is InChI=1S/C24H29NO6/c1-29-19-13-21-20(30-10-5-11-31-21)12-18(19)15-25-9-8-24(23(27)28,22(26)16-25)14-17-6-3-2-4-7-17/h2-4,6-7,12-13,22,26H,5,8-11,14-16H2,1H3,(H,27,28)/t22-,24-/m1/s1. The third kappa shape index (κ3) is 4.48. The number of aliphatic hydroxyl groups excluding tert-OH is 1. The van der Waals surface area contributed by atoms with E-state index >= 15 is 0 Å². The van der Waals surface area contributed by atoms with Crippen LogP contribution in [0.3, 0.4) is 0 Å². The molecule has 0 aliphatic carbocycles. The number of nitrogens with zero attached hydrogens (tertiary/aromatic N) is 1. The molecule has 0 saturated carbocycles. The van der Waals surface area contributed by atoms with E-state index in [1.807, 2.05) is 42.5 Å². The van der Waals surface area contributed by atoms with Crippen molar-refractivity contribution in [1.82, 2.24) is 4.90 Å². The monoisotopic (exact) mass is 427 g/mol. The second kappa shape index (κ2) is 9.16. The van der Waals surface area contributed by atoms with Gasteiger partial charge in [0.25, 0.3) is 0 Å². The number of fused-ring (bicyclic) bond motifs is 1. The van der Waals surface area contributed by atoms with E-state index in [4.69, 9.17) is 14.2 Å². The summed E-state index contributed by atoms with van der Waals surface area (Å²) >= 11 is 0. The first-order chi connectivity index (χ1) is 15.0. The highest BCUT2D eigenvalue weighted by atomic mass is 16.5. The van der Waals surface area contributed by atoms with Gasteiger partial charge in [-0.1, -0.05) is 30.3 Å². The molecule has 7 nitrogen and oxygen atoms in total. The Morgan fingerprint density at radius 1 is 1.19 bits per heavy atom. The molecule has 2 heterocycles. The van der Waals surface area contributed by atoms with E-state index in [1.54, 1.807) is 7.11 Å². The Morgan fingerprint density at radius 3 is 2.55 bits per heavy atom. The zero-order valence-electron chi connectivity index (χ0n) is 17.8. The molecule has 1 fully saturated rings. The molecule has 2 aromatic carbocycles. The minimum Gasteiger partial charge on any atom is -0.496 e. The number of carbonyl (C=O) groups is 1. The first-order valence-corrected chi connectivity index (χ1v) is 10.7. The van der Waals surface area contributed by atoms with Crippen LogP contribution in [0.4, 0.5) is 0 Å². The number of likely N-dealkylation sites (tertiary alicyclic amines) is 1. The van der Waals surface area contributed by atoms with Crippen molar-refractivity contribution in [2.24, 2.45) is 5.41 Å². The van der Waals surface area contributed by atoms with E-state index in [0.717, 1.165) is 17.5 Å². The summed E-state index contributed by atoms with van der Waals surface area (Å²) in [6.07, 6.45) is 0.519. The van der Waals surface area contributed by atoms with Crippen LogP contribution < -0.4 is 14.2 Å². The van der Waals surface area contributed by atoms with Crippen molar-refractivity contribution >= 4 is 5.97 Å². The summed E-state index contributed by atoms with van der Waals surface area (Å²) in [5.41, 5.74) is 0.652. The van der Waals surface area contributed by atoms with Crippen molar-refractivity contribution in [3.8, 4) is 17.2 Å². The maximum Gasteiger partial charge on any atom is 0.312 e. The number of β-amino-alcohol motifs (C(OH)–C–C–N with tert-alkyl or cyclic N) is 1. The molecule has 2 atom stereocenters. The van der Waals surface area contributed by atoms with Crippen molar-refractivity contribution in [2.45, 2.75) is 31.9 Å². The van der Waals surface area contributed by atoms with Gasteiger partial charge >= 0.3 is 5.97 Å². The van der Waals surface area contributed by atoms with Gasteiger partial charge in [0.1, 0.15) is 11.2 Å². The van der Waals surface area contributed by atoms with E-state index in [-0.39, 0.29) is 6.54 Å². The molecule has 0 radical (unpaired) electrons. The maximum atomic E-state index is 12.2. The molecular formula is C24H29NO6. The first kappa shape index (κ1) is 21.5. The fourth-order valence-corrected chi connectivity index (χ4v) is 4.46. The average molecular weight is 427 g/mol. The van der Waals surface area contributed by atoms with E-state index in [0.29, 0.717) is 56.4 Å². The predicted molar refractivity (Wildman–Crippen MR) is 115 cm³/mol. The number of rotatable bonds is 6. The SMILES string of the molecule is COc1cc2c(cc1CN1CC[C@](Cc3ccccc3)(C(=O)O)[C@H](O)C1)OCCCO2. The molecule has 0 amide bonds. The van der Waals surface area contributed by atoms with Crippen LogP contribution in [0.25, 0.3) is 0 Å². The van der Waals surface area contributed by atoms with Gasteiger partial charge in [0.15, 0.2) is 11.5 Å². The van der Waals surface area contributed by atoms with Crippen LogP contribution in [-0.2, 0) is 17.8 Å². The summed E-state index contributed by atoms with van der Waals surface area (Å²) in [4.78, 5) is 14.3. The number of hydrogen-bond acceptors (Lipinski definition) is 6. The number of carboxylic acid groups (broad SMARTS) is 1. The van der Waals surface area contributed by atoms with Crippen LogP contribution in [0.2, 0.25) is 0 Å². The summed E-state index contributed by atoms with van der Waals surface area (Å²) < 4.78 is 17.1. The number of methoxy groups -OCH3 is 1. The Bertz CT molecular complexity index is 918. The summed E-state index contributed by atoms with van der Waals surface area (Å²) in [6, 6.07) is 13.3. The molecule has 31 heavy (non-hydrogen) atoms. The van der Waals surface area contributed by atoms with Crippen molar-refractivity contribution < 1.29 is 29.2 Å². The predicted octanol–water partition coefficient (Wildman–Crippen LogP) is 2.74. The van der Waals surface area contributed by atoms with Crippen molar-refractivity contribution in [1.29, 1.82) is 0 Å². The number of aliphatic hydroxyl groups is 1. The van der Waals surface area contributed by atoms with Crippen LogP contribution in [0.1, 0.15) is 24.0 Å². The minimum absolute atomic E-state index is 0.275. The van der Waals surface area contributed by atoms with Crippen LogP contribution in [0.5, 0.6) is 17.2 Å². The normalized spacial score (nSPS) is 23.7. The van der Waals surface area contributed by atoms with Crippen LogP contribution in [0, 0.1) is 5.41 Å². The quantitative estimate of drug-likeness (QED) is 0.733. The molecule has 2 aliphatic rings. The number of ether oxygens (including phenoxy) is 3. The molecule has 0 bridgehead atoms. The Kier molecular flexibility index (Phi) is 6.34. The lowest BCUT2D eigenvalue weighted by atomic mass is 9.71. The van der Waals surface area contributed by atoms with Gasteiger partial charge < -0.3 is 24.4 Å². The zero-order chi connectivity index (χ0) is 21.8. The molecule has 2 aromatic rings. The van der Waals surface area contributed by atoms with Gasteiger partial charge in [-0.2, -0.15) is 0 Å². The molecule has 0 unspecified atom stereocenters. The van der Waals surface area contributed by atoms with Gasteiger partial charge in [0.2, 0.25) is 0 Å². The zero-order valence-corrected chi connectivity index (χ0v) is 17.8. The lowest BCUT2D eigenvalue weighted by Gasteiger charge is -2.43. The van der Waals surface area contributed by atoms with E-state index < -0.39 is 17.5 Å². The lowest BCUT2D eigenvalue weighted by Crippen LogP contribution is -2.55. The number of benzene rings is 2. The minimum atomic E-state index is -1.19. The summed E-state index contributed by atoms with van der Waals surface area (Å²) in [5, 5.41) is 21.0. The van der Waals surface area contributed by atoms with E-state index in [1.165, 1.54) is 0 Å². The maximum absolute atomic E-state index is 12.2. The van der Waals surface area contributed by atoms with Crippen LogP contribution >= 0.6 is 0 Å². The molecule has 0 aromatic heterocycles. The van der Waals surface area contributed by atoms with Gasteiger partial charge in [-0.25, -0.2) is 0 Å². The summed E-state index contributed by atoms with van der Waals surface area (Å²) in [6.45, 7) is 2.57. The Labute approximate surface area is 182 Å². The molecule has 166 valence electrons. The van der Waals surface area contributed by atoms with Crippen molar-refractivity contribution in [3.05, 3.63) is 53.6 Å². The van der Waals surface area contributed by atoms with Crippen LogP contribution in [0.15, 0.2) is 42.5 Å². The highest BCUT2D eigenvalue weighted by Crippen LogP contribution is 2.39. The molecule has 7 heteroatoms. The molecular weight excluding hydrogens is 398 g/mol. The third-order valence-corrected chi connectivity index (χ3v) is 6.28. The number of aliphatic carboxylic acids is 1. The largest absolute Gasteiger partial charge is 0.496 e. The average Bonchev–Trinajstić information content (AvgIpc) is 3.00. The number of piperidine rings is 1. The van der Waals surface area contributed by atoms with Gasteiger partial charge in [0.05, 0.1) is 26.4 Å². The van der Waals surface area contributed by atoms with E-state index in [9.17, 15) is 15.0 Å². The Morgan fingerprint density at radius 2 is 1.90 bits per heavy atom. The first-order valence-electron chi connectivity index (χ1n) is 10.7. The molecule has 4 rings (SSSR count). The Hall–Kier alpha value is -2.77. The van der Waals surface area contributed by atoms with Crippen LogP contribution in [-0.4, -0.2) is 60.6 Å². The van der Waals surface area contributed by atoms with Gasteiger partial charge in [-0.05, 0) is 31.0 Å². The fraction of sp³-hybridized carbons (Fsp3) is 0.458. The topological polar surface area (TPSA) is 88.5 Å². The fourth-order valence-electron chi connectivity index (χ4n) is 4.46. The Balaban J connectivity index is 1.51. The molecule has 2 N–H and O–H groups in total. The van der Waals surface area contributed by atoms with Gasteiger partial charge in [0, 0.05) is 31.1 Å². The second-order valence-electron chi connectivity index (χ2n) is 8.29. The highest BCUT2D eigenvalue weighted by molar-refractivity contribution is 5.76. The van der Waals surface area contributed by atoms with Gasteiger partial charge in [-0.3, -0.25) is 9.69 Å². The summed E-state index contributed by atoms with van der Waals surface area (Å²) in [5.74, 6) is 1.11. The van der Waals surface area contributed by atoms with Crippen molar-refractivity contribution in [2.75, 3.05) is 33.4 Å². The number of carboxylic acids is 1. The molecule has 0 spiro atoms. The second-order valence-corrected chi connectivity index (χ2v) is 8.29. The lowest BCUT2D eigenvalue weighted by molar-refractivity contribution is -0.163. The summed E-state index contributed by atoms with van der Waals surface area (Å²) in [7, 11) is 1.61. The highest BCUT2D eigenvalue weighted by Gasteiger charge is 2.48. The third-order valence-electron chi connectivity index (χ3n) is 6.28. The molecule has 1 saturated heterocycles. The van der Waals surface area contributed by atoms with E-state index in [2.05, 4.69) is 4.90 Å². The number of hydrogen-bond donors (Lipinski definition) is 2.